The Bertz CT molecular complexity index is 561. The molecule has 2 aromatic rings. The van der Waals surface area contributed by atoms with Crippen LogP contribution < -0.4 is 0 Å². The van der Waals surface area contributed by atoms with Crippen LogP contribution in [0.4, 0.5) is 0 Å². The topological polar surface area (TPSA) is 70.4 Å². The number of benzene rings is 1. The first kappa shape index (κ1) is 11.1. The van der Waals surface area contributed by atoms with E-state index in [9.17, 15) is 9.90 Å². The Hall–Kier alpha value is -2.36. The van der Waals surface area contributed by atoms with Crippen LogP contribution in [0, 0.1) is 6.92 Å². The highest BCUT2D eigenvalue weighted by Crippen LogP contribution is 2.25. The van der Waals surface area contributed by atoms with Gasteiger partial charge >= 0.3 is 5.97 Å². The molecule has 0 aliphatic carbocycles. The van der Waals surface area contributed by atoms with Gasteiger partial charge in [-0.15, -0.1) is 0 Å². The summed E-state index contributed by atoms with van der Waals surface area (Å²) in [5, 5.41) is 18.3. The molecule has 0 aliphatic heterocycles. The highest BCUT2D eigenvalue weighted by atomic mass is 16.4. The Balaban J connectivity index is 2.50. The Morgan fingerprint density at radius 1 is 1.18 bits per heavy atom. The van der Waals surface area contributed by atoms with Crippen LogP contribution in [0.2, 0.25) is 0 Å². The number of rotatable bonds is 2. The molecule has 17 heavy (non-hydrogen) atoms. The maximum atomic E-state index is 10.9. The minimum atomic E-state index is -1.15. The molecule has 1 aromatic carbocycles. The molecular formula is C13H11NO3. The third kappa shape index (κ3) is 2.25. The van der Waals surface area contributed by atoms with Crippen molar-refractivity contribution in [3.63, 3.8) is 0 Å². The summed E-state index contributed by atoms with van der Waals surface area (Å²) in [7, 11) is 0. The number of hydrogen-bond acceptors (Lipinski definition) is 3. The molecule has 0 fully saturated rings. The number of pyridine rings is 1. The van der Waals surface area contributed by atoms with E-state index >= 15 is 0 Å². The lowest BCUT2D eigenvalue weighted by molar-refractivity contribution is 0.0694. The molecule has 86 valence electrons. The van der Waals surface area contributed by atoms with Gasteiger partial charge in [0, 0.05) is 17.5 Å². The number of carboxylic acid groups (broad SMARTS) is 1. The summed E-state index contributed by atoms with van der Waals surface area (Å²) in [6.07, 6.45) is 1.67. The second-order valence-electron chi connectivity index (χ2n) is 3.73. The first-order chi connectivity index (χ1) is 8.08. The molecule has 2 N–H and O–H groups in total. The van der Waals surface area contributed by atoms with E-state index < -0.39 is 5.97 Å². The van der Waals surface area contributed by atoms with E-state index in [4.69, 9.17) is 5.11 Å². The van der Waals surface area contributed by atoms with Crippen molar-refractivity contribution in [2.24, 2.45) is 0 Å². The van der Waals surface area contributed by atoms with Crippen LogP contribution in [-0.4, -0.2) is 21.2 Å². The monoisotopic (exact) mass is 229 g/mol. The van der Waals surface area contributed by atoms with E-state index in [1.54, 1.807) is 12.3 Å². The smallest absolute Gasteiger partial charge is 0.339 e. The maximum Gasteiger partial charge on any atom is 0.339 e. The molecule has 4 heteroatoms. The van der Waals surface area contributed by atoms with Gasteiger partial charge in [0.2, 0.25) is 0 Å². The molecule has 0 atom stereocenters. The summed E-state index contributed by atoms with van der Waals surface area (Å²) in [4.78, 5) is 15.0. The lowest BCUT2D eigenvalue weighted by Crippen LogP contribution is -1.97. The third-order valence-corrected chi connectivity index (χ3v) is 2.47. The number of aryl methyl sites for hydroxylation is 1. The van der Waals surface area contributed by atoms with E-state index in [0.29, 0.717) is 5.56 Å². The van der Waals surface area contributed by atoms with Crippen LogP contribution in [0.5, 0.6) is 5.75 Å². The van der Waals surface area contributed by atoms with E-state index in [2.05, 4.69) is 4.98 Å². The predicted octanol–water partition coefficient (Wildman–Crippen LogP) is 2.46. The summed E-state index contributed by atoms with van der Waals surface area (Å²) in [6, 6.07) is 8.18. The Kier molecular flexibility index (Phi) is 2.78. The second kappa shape index (κ2) is 4.25. The third-order valence-electron chi connectivity index (χ3n) is 2.47. The second-order valence-corrected chi connectivity index (χ2v) is 3.73. The molecule has 0 unspecified atom stereocenters. The normalized spacial score (nSPS) is 10.2. The lowest BCUT2D eigenvalue weighted by atomic mass is 10.0. The van der Waals surface area contributed by atoms with Crippen molar-refractivity contribution in [1.29, 1.82) is 0 Å². The van der Waals surface area contributed by atoms with Crippen LogP contribution in [0.25, 0.3) is 11.1 Å². The molecule has 0 radical (unpaired) electrons. The zero-order valence-corrected chi connectivity index (χ0v) is 9.21. The van der Waals surface area contributed by atoms with Gasteiger partial charge in [0.15, 0.2) is 0 Å². The minimum absolute atomic E-state index is 0.108. The van der Waals surface area contributed by atoms with Crippen LogP contribution in [0.3, 0.4) is 0 Å². The molecule has 0 spiro atoms. The fraction of sp³-hybridized carbons (Fsp3) is 0.0769. The number of carboxylic acids is 1. The van der Waals surface area contributed by atoms with Gasteiger partial charge in [-0.05, 0) is 30.7 Å². The first-order valence-electron chi connectivity index (χ1n) is 5.07. The van der Waals surface area contributed by atoms with Gasteiger partial charge in [-0.3, -0.25) is 4.98 Å². The lowest BCUT2D eigenvalue weighted by Gasteiger charge is -2.05. The molecule has 2 rings (SSSR count). The number of aromatic hydroxyl groups is 1. The zero-order chi connectivity index (χ0) is 12.4. The van der Waals surface area contributed by atoms with Crippen LogP contribution in [-0.2, 0) is 0 Å². The Labute approximate surface area is 98.2 Å². The minimum Gasteiger partial charge on any atom is -0.507 e. The van der Waals surface area contributed by atoms with Crippen LogP contribution >= 0.6 is 0 Å². The zero-order valence-electron chi connectivity index (χ0n) is 9.21. The van der Waals surface area contributed by atoms with E-state index in [0.717, 1.165) is 11.3 Å². The van der Waals surface area contributed by atoms with Crippen molar-refractivity contribution in [3.05, 3.63) is 47.8 Å². The Morgan fingerprint density at radius 2 is 1.88 bits per heavy atom. The fourth-order valence-electron chi connectivity index (χ4n) is 1.53. The Morgan fingerprint density at radius 3 is 2.47 bits per heavy atom. The van der Waals surface area contributed by atoms with Gasteiger partial charge in [0.05, 0.1) is 0 Å². The number of phenols is 1. The largest absolute Gasteiger partial charge is 0.507 e. The predicted molar refractivity (Wildman–Crippen MR) is 63.0 cm³/mol. The highest BCUT2D eigenvalue weighted by molar-refractivity contribution is 5.92. The number of hydrogen-bond donors (Lipinski definition) is 2. The molecule has 0 saturated heterocycles. The molecule has 0 amide bonds. The van der Waals surface area contributed by atoms with Crippen molar-refractivity contribution in [3.8, 4) is 16.9 Å². The summed E-state index contributed by atoms with van der Waals surface area (Å²) >= 11 is 0. The average molecular weight is 229 g/mol. The van der Waals surface area contributed by atoms with Gasteiger partial charge in [0.1, 0.15) is 11.3 Å². The fourth-order valence-corrected chi connectivity index (χ4v) is 1.53. The SMILES string of the molecule is Cc1ccc(-c2ccc(O)c(C(=O)O)c2)cn1. The number of aromatic carboxylic acids is 1. The van der Waals surface area contributed by atoms with Gasteiger partial charge in [-0.1, -0.05) is 12.1 Å². The molecule has 4 nitrogen and oxygen atoms in total. The van der Waals surface area contributed by atoms with Crippen LogP contribution in [0.1, 0.15) is 16.1 Å². The van der Waals surface area contributed by atoms with Crippen molar-refractivity contribution in [2.45, 2.75) is 6.92 Å². The van der Waals surface area contributed by atoms with E-state index in [1.807, 2.05) is 19.1 Å². The first-order valence-corrected chi connectivity index (χ1v) is 5.07. The van der Waals surface area contributed by atoms with E-state index in [1.165, 1.54) is 12.1 Å². The molecular weight excluding hydrogens is 218 g/mol. The van der Waals surface area contributed by atoms with Crippen molar-refractivity contribution in [2.75, 3.05) is 0 Å². The standard InChI is InChI=1S/C13H11NO3/c1-8-2-3-10(7-14-8)9-4-5-12(15)11(6-9)13(16)17/h2-7,15H,1H3,(H,16,17). The van der Waals surface area contributed by atoms with Crippen molar-refractivity contribution < 1.29 is 15.0 Å². The summed E-state index contributed by atoms with van der Waals surface area (Å²) in [5.74, 6) is -1.38. The molecule has 0 saturated carbocycles. The van der Waals surface area contributed by atoms with Gasteiger partial charge < -0.3 is 10.2 Å². The van der Waals surface area contributed by atoms with Crippen LogP contribution in [0.15, 0.2) is 36.5 Å². The summed E-state index contributed by atoms with van der Waals surface area (Å²) < 4.78 is 0. The number of carbonyl (C=O) groups is 1. The van der Waals surface area contributed by atoms with Crippen molar-refractivity contribution >= 4 is 5.97 Å². The quantitative estimate of drug-likeness (QED) is 0.829. The van der Waals surface area contributed by atoms with Gasteiger partial charge in [-0.25, -0.2) is 4.79 Å². The summed E-state index contributed by atoms with van der Waals surface area (Å²) in [6.45, 7) is 1.88. The summed E-state index contributed by atoms with van der Waals surface area (Å²) in [5.41, 5.74) is 2.32. The number of nitrogens with zero attached hydrogens (tertiary/aromatic N) is 1. The van der Waals surface area contributed by atoms with Crippen molar-refractivity contribution in [1.82, 2.24) is 4.98 Å². The van der Waals surface area contributed by atoms with Gasteiger partial charge in [-0.2, -0.15) is 0 Å². The number of aromatic nitrogens is 1. The van der Waals surface area contributed by atoms with Gasteiger partial charge in [0.25, 0.3) is 0 Å². The molecule has 1 aromatic heterocycles. The average Bonchev–Trinajstić information content (AvgIpc) is 2.30. The van der Waals surface area contributed by atoms with E-state index in [-0.39, 0.29) is 11.3 Å². The molecule has 0 aliphatic rings. The molecule has 0 bridgehead atoms. The molecule has 1 heterocycles. The maximum absolute atomic E-state index is 10.9. The highest BCUT2D eigenvalue weighted by Gasteiger charge is 2.10.